The molecule has 12 aliphatic rings. The van der Waals surface area contributed by atoms with Crippen molar-refractivity contribution in [2.24, 2.45) is 79.8 Å². The Bertz CT molecular complexity index is 1340. The lowest BCUT2D eigenvalue weighted by Crippen LogP contribution is -2.68. The molecule has 0 aliphatic heterocycles. The SMILES string of the molecule is CC(C)COC(=O)C#CC12CC3CC(C1)CC(C14CC5CC(C1)CC(C16CC7CC(CC(C#CC(=O)OCC(C)C)(C7)C1)C6)(C5)C4)(C3)C2. The van der Waals surface area contributed by atoms with Gasteiger partial charge < -0.3 is 9.47 Å². The predicted molar refractivity (Wildman–Crippen MR) is 186 cm³/mol. The summed E-state index contributed by atoms with van der Waals surface area (Å²) >= 11 is 0. The van der Waals surface area contributed by atoms with Crippen LogP contribution < -0.4 is 0 Å². The highest BCUT2D eigenvalue weighted by molar-refractivity contribution is 5.89. The molecule has 0 aromatic rings. The lowest BCUT2D eigenvalue weighted by molar-refractivity contribution is -0.275. The summed E-state index contributed by atoms with van der Waals surface area (Å²) in [5.41, 5.74) is 1.72. The van der Waals surface area contributed by atoms with E-state index in [1.54, 1.807) is 0 Å². The van der Waals surface area contributed by atoms with Crippen molar-refractivity contribution in [2.75, 3.05) is 13.2 Å². The molecule has 0 aromatic carbocycles. The molecule has 48 heavy (non-hydrogen) atoms. The third-order valence-electron chi connectivity index (χ3n) is 16.4. The third-order valence-corrected chi connectivity index (χ3v) is 16.4. The standard InChI is InChI=1S/C44H60O4/c1-29(2)24-47-37(45)5-7-39-12-31-9-32(13-39)17-41(16-31,26-39)43-20-35-11-36(21-43)23-44(22-35,28-43)42-18-33-10-34(19-42)15-40(14-33,27-42)8-6-38(46)48-25-30(3)4/h29-36H,9-28H2,1-4H3. The topological polar surface area (TPSA) is 52.6 Å². The molecule has 260 valence electrons. The van der Waals surface area contributed by atoms with Crippen molar-refractivity contribution in [1.29, 1.82) is 0 Å². The van der Waals surface area contributed by atoms with Crippen LogP contribution in [0.2, 0.25) is 0 Å². The van der Waals surface area contributed by atoms with Gasteiger partial charge in [0.25, 0.3) is 0 Å². The molecular weight excluding hydrogens is 592 g/mol. The molecule has 4 nitrogen and oxygen atoms in total. The summed E-state index contributed by atoms with van der Waals surface area (Å²) in [5, 5.41) is 0. The van der Waals surface area contributed by atoms with Crippen LogP contribution in [0.1, 0.15) is 143 Å². The van der Waals surface area contributed by atoms with Gasteiger partial charge in [0.05, 0.1) is 13.2 Å². The maximum atomic E-state index is 12.7. The van der Waals surface area contributed by atoms with Crippen LogP contribution in [0.3, 0.4) is 0 Å². The lowest BCUT2D eigenvalue weighted by Gasteiger charge is -2.77. The van der Waals surface area contributed by atoms with Crippen molar-refractivity contribution in [3.63, 3.8) is 0 Å². The van der Waals surface area contributed by atoms with Crippen LogP contribution in [-0.2, 0) is 19.1 Å². The van der Waals surface area contributed by atoms with Crippen LogP contribution in [0.4, 0.5) is 0 Å². The van der Waals surface area contributed by atoms with Gasteiger partial charge in [0, 0.05) is 22.7 Å². The number of carbonyl (C=O) groups is 2. The Labute approximate surface area is 290 Å². The van der Waals surface area contributed by atoms with Crippen LogP contribution >= 0.6 is 0 Å². The highest BCUT2D eigenvalue weighted by Crippen LogP contribution is 2.83. The number of ether oxygens (including phenoxy) is 2. The first-order valence-electron chi connectivity index (χ1n) is 20.2. The van der Waals surface area contributed by atoms with Crippen molar-refractivity contribution in [2.45, 2.75) is 143 Å². The van der Waals surface area contributed by atoms with E-state index in [-0.39, 0.29) is 22.8 Å². The fourth-order valence-electron chi connectivity index (χ4n) is 16.5. The van der Waals surface area contributed by atoms with Gasteiger partial charge >= 0.3 is 11.9 Å². The Morgan fingerprint density at radius 2 is 0.792 bits per heavy atom. The zero-order valence-corrected chi connectivity index (χ0v) is 30.4. The van der Waals surface area contributed by atoms with Gasteiger partial charge in [-0.15, -0.1) is 0 Å². The van der Waals surface area contributed by atoms with Crippen molar-refractivity contribution in [3.05, 3.63) is 0 Å². The monoisotopic (exact) mass is 652 g/mol. The first-order chi connectivity index (χ1) is 22.8. The summed E-state index contributed by atoms with van der Waals surface area (Å²) in [6.45, 7) is 9.27. The third kappa shape index (κ3) is 4.98. The molecule has 4 atom stereocenters. The summed E-state index contributed by atoms with van der Waals surface area (Å²) in [6, 6.07) is 0. The van der Waals surface area contributed by atoms with Gasteiger partial charge in [-0.2, -0.15) is 0 Å². The van der Waals surface area contributed by atoms with E-state index in [4.69, 9.17) is 9.47 Å². The highest BCUT2D eigenvalue weighted by Gasteiger charge is 2.74. The van der Waals surface area contributed by atoms with E-state index < -0.39 is 0 Å². The van der Waals surface area contributed by atoms with E-state index in [1.807, 2.05) is 0 Å². The minimum Gasteiger partial charge on any atom is -0.456 e. The van der Waals surface area contributed by atoms with Crippen LogP contribution in [0, 0.1) is 104 Å². The Morgan fingerprint density at radius 3 is 1.10 bits per heavy atom. The first kappa shape index (κ1) is 32.0. The van der Waals surface area contributed by atoms with Gasteiger partial charge in [-0.1, -0.05) is 39.5 Å². The molecule has 4 unspecified atom stereocenters. The molecule has 12 bridgehead atoms. The van der Waals surface area contributed by atoms with Crippen molar-refractivity contribution in [1.82, 2.24) is 0 Å². The summed E-state index contributed by atoms with van der Waals surface area (Å²) in [5.74, 6) is 18.5. The average Bonchev–Trinajstić information content (AvgIpc) is 2.99. The Hall–Kier alpha value is -1.94. The summed E-state index contributed by atoms with van der Waals surface area (Å²) in [6.07, 6.45) is 24.5. The second-order valence-electron chi connectivity index (χ2n) is 21.0. The first-order valence-corrected chi connectivity index (χ1v) is 20.2. The molecule has 0 spiro atoms. The number of hydrogen-bond acceptors (Lipinski definition) is 4. The van der Waals surface area contributed by atoms with Crippen LogP contribution in [0.25, 0.3) is 0 Å². The van der Waals surface area contributed by atoms with Crippen LogP contribution in [-0.4, -0.2) is 25.2 Å². The number of rotatable bonds is 6. The van der Waals surface area contributed by atoms with E-state index in [0.29, 0.717) is 46.7 Å². The minimum absolute atomic E-state index is 0.0158. The second kappa shape index (κ2) is 10.8. The number of carbonyl (C=O) groups excluding carboxylic acids is 2. The van der Waals surface area contributed by atoms with Crippen LogP contribution in [0.5, 0.6) is 0 Å². The average molecular weight is 653 g/mol. The smallest absolute Gasteiger partial charge is 0.384 e. The summed E-state index contributed by atoms with van der Waals surface area (Å²) in [7, 11) is 0. The zero-order chi connectivity index (χ0) is 33.2. The van der Waals surface area contributed by atoms with E-state index in [9.17, 15) is 9.59 Å². The van der Waals surface area contributed by atoms with Crippen molar-refractivity contribution in [3.8, 4) is 23.7 Å². The van der Waals surface area contributed by atoms with Crippen molar-refractivity contribution < 1.29 is 19.1 Å². The Balaban J connectivity index is 1.03. The Kier molecular flexibility index (Phi) is 7.19. The molecule has 12 fully saturated rings. The molecule has 0 radical (unpaired) electrons. The predicted octanol–water partition coefficient (Wildman–Crippen LogP) is 9.15. The lowest BCUT2D eigenvalue weighted by atomic mass is 9.27. The molecule has 0 saturated heterocycles. The molecule has 12 rings (SSSR count). The van der Waals surface area contributed by atoms with Gasteiger partial charge in [0.1, 0.15) is 0 Å². The van der Waals surface area contributed by atoms with E-state index in [0.717, 1.165) is 35.5 Å². The number of esters is 2. The summed E-state index contributed by atoms with van der Waals surface area (Å²) < 4.78 is 11.1. The Morgan fingerprint density at radius 1 is 0.500 bits per heavy atom. The largest absolute Gasteiger partial charge is 0.456 e. The molecule has 0 N–H and O–H groups in total. The van der Waals surface area contributed by atoms with Crippen molar-refractivity contribution >= 4 is 11.9 Å². The van der Waals surface area contributed by atoms with Gasteiger partial charge in [-0.3, -0.25) is 0 Å². The van der Waals surface area contributed by atoms with Gasteiger partial charge in [-0.25, -0.2) is 9.59 Å². The molecule has 12 saturated carbocycles. The second-order valence-corrected chi connectivity index (χ2v) is 21.0. The zero-order valence-electron chi connectivity index (χ0n) is 30.4. The number of hydrogen-bond donors (Lipinski definition) is 0. The summed E-state index contributed by atoms with van der Waals surface area (Å²) in [4.78, 5) is 25.5. The van der Waals surface area contributed by atoms with E-state index in [2.05, 4.69) is 51.4 Å². The van der Waals surface area contributed by atoms with E-state index in [1.165, 1.54) is 116 Å². The minimum atomic E-state index is -0.311. The molecule has 0 amide bonds. The van der Waals surface area contributed by atoms with Gasteiger partial charge in [0.2, 0.25) is 0 Å². The molecule has 0 heterocycles. The normalized spacial score (nSPS) is 49.9. The maximum Gasteiger partial charge on any atom is 0.384 e. The van der Waals surface area contributed by atoms with E-state index >= 15 is 0 Å². The molecular formula is C44H60O4. The van der Waals surface area contributed by atoms with Crippen LogP contribution in [0.15, 0.2) is 0 Å². The fraction of sp³-hybridized carbons (Fsp3) is 0.864. The fourth-order valence-corrected chi connectivity index (χ4v) is 16.5. The molecule has 0 aromatic heterocycles. The molecule has 4 heteroatoms. The maximum absolute atomic E-state index is 12.7. The molecule has 12 aliphatic carbocycles. The van der Waals surface area contributed by atoms with Gasteiger partial charge in [0.15, 0.2) is 0 Å². The van der Waals surface area contributed by atoms with Gasteiger partial charge in [-0.05, 0) is 185 Å². The quantitative estimate of drug-likeness (QED) is 0.163. The highest BCUT2D eigenvalue weighted by atomic mass is 16.5.